The van der Waals surface area contributed by atoms with Gasteiger partial charge in [0.05, 0.1) is 16.1 Å². The minimum Gasteiger partial charge on any atom is -0.382 e. The van der Waals surface area contributed by atoms with Gasteiger partial charge in [0, 0.05) is 18.6 Å². The average molecular weight is 316 g/mol. The Hall–Kier alpha value is -0.280. The van der Waals surface area contributed by atoms with Crippen LogP contribution in [0, 0.1) is 0 Å². The van der Waals surface area contributed by atoms with Gasteiger partial charge in [-0.2, -0.15) is 0 Å². The lowest BCUT2D eigenvalue weighted by molar-refractivity contribution is 0.0974. The molecule has 2 N–H and O–H groups in total. The fourth-order valence-electron chi connectivity index (χ4n) is 3.05. The number of halogens is 2. The average Bonchev–Trinajstić information content (AvgIpc) is 2.38. The zero-order valence-corrected chi connectivity index (χ0v) is 13.7. The lowest BCUT2D eigenvalue weighted by Crippen LogP contribution is -2.50. The van der Waals surface area contributed by atoms with E-state index in [1.54, 1.807) is 7.11 Å². The fraction of sp³-hybridized carbons (Fsp3) is 0.625. The second-order valence-electron chi connectivity index (χ2n) is 5.87. The largest absolute Gasteiger partial charge is 0.382 e. The number of rotatable bonds is 6. The Balaban J connectivity index is 2.14. The molecule has 0 amide bonds. The highest BCUT2D eigenvalue weighted by Crippen LogP contribution is 2.48. The molecular weight excluding hydrogens is 293 g/mol. The standard InChI is InChI=1S/C16H23Cl2NO/c1-11(20-2)4-7-15(19)16(8-3-9-16)12-5-6-13(17)14(18)10-12/h5-6,10-11,15H,3-4,7-9,19H2,1-2H3. The van der Waals surface area contributed by atoms with Crippen LogP contribution in [0.5, 0.6) is 0 Å². The molecule has 2 atom stereocenters. The summed E-state index contributed by atoms with van der Waals surface area (Å²) in [7, 11) is 1.74. The SMILES string of the molecule is COC(C)CCC(N)C1(c2ccc(Cl)c(Cl)c2)CCC1. The van der Waals surface area contributed by atoms with Crippen molar-refractivity contribution in [2.75, 3.05) is 7.11 Å². The maximum absolute atomic E-state index is 6.51. The molecule has 1 saturated carbocycles. The first kappa shape index (κ1) is 16.1. The summed E-state index contributed by atoms with van der Waals surface area (Å²) < 4.78 is 5.31. The van der Waals surface area contributed by atoms with E-state index in [0.29, 0.717) is 10.0 Å². The molecular formula is C16H23Cl2NO. The first-order valence-electron chi connectivity index (χ1n) is 7.23. The van der Waals surface area contributed by atoms with Crippen LogP contribution < -0.4 is 5.73 Å². The van der Waals surface area contributed by atoms with Crippen LogP contribution in [0.1, 0.15) is 44.6 Å². The van der Waals surface area contributed by atoms with E-state index in [1.165, 1.54) is 12.0 Å². The van der Waals surface area contributed by atoms with E-state index in [0.717, 1.165) is 25.7 Å². The van der Waals surface area contributed by atoms with E-state index in [4.69, 9.17) is 33.7 Å². The molecule has 20 heavy (non-hydrogen) atoms. The van der Waals surface area contributed by atoms with Crippen molar-refractivity contribution in [3.8, 4) is 0 Å². The Bertz CT molecular complexity index is 460. The molecule has 2 rings (SSSR count). The van der Waals surface area contributed by atoms with E-state index < -0.39 is 0 Å². The van der Waals surface area contributed by atoms with Gasteiger partial charge < -0.3 is 10.5 Å². The zero-order valence-electron chi connectivity index (χ0n) is 12.2. The van der Waals surface area contributed by atoms with Gasteiger partial charge in [-0.1, -0.05) is 35.7 Å². The van der Waals surface area contributed by atoms with E-state index >= 15 is 0 Å². The second-order valence-corrected chi connectivity index (χ2v) is 6.68. The Labute approximate surface area is 131 Å². The predicted octanol–water partition coefficient (Wildman–Crippen LogP) is 4.56. The van der Waals surface area contributed by atoms with Crippen molar-refractivity contribution in [2.24, 2.45) is 5.73 Å². The number of nitrogens with two attached hydrogens (primary N) is 1. The maximum atomic E-state index is 6.51. The minimum absolute atomic E-state index is 0.0711. The molecule has 1 aromatic carbocycles. The summed E-state index contributed by atoms with van der Waals surface area (Å²) in [5.74, 6) is 0. The minimum atomic E-state index is 0.0711. The molecule has 4 heteroatoms. The van der Waals surface area contributed by atoms with Gasteiger partial charge in [0.25, 0.3) is 0 Å². The van der Waals surface area contributed by atoms with Gasteiger partial charge in [0.2, 0.25) is 0 Å². The zero-order chi connectivity index (χ0) is 14.8. The quantitative estimate of drug-likeness (QED) is 0.835. The smallest absolute Gasteiger partial charge is 0.0595 e. The second kappa shape index (κ2) is 6.65. The molecule has 0 aromatic heterocycles. The molecule has 2 nitrogen and oxygen atoms in total. The number of hydrogen-bond donors (Lipinski definition) is 1. The first-order chi connectivity index (χ1) is 9.49. The molecule has 1 fully saturated rings. The van der Waals surface area contributed by atoms with Crippen LogP contribution in [0.15, 0.2) is 18.2 Å². The molecule has 112 valence electrons. The summed E-state index contributed by atoms with van der Waals surface area (Å²) in [4.78, 5) is 0. The predicted molar refractivity (Wildman–Crippen MR) is 85.7 cm³/mol. The summed E-state index contributed by atoms with van der Waals surface area (Å²) in [5.41, 5.74) is 7.81. The molecule has 2 unspecified atom stereocenters. The van der Waals surface area contributed by atoms with Gasteiger partial charge >= 0.3 is 0 Å². The van der Waals surface area contributed by atoms with Gasteiger partial charge in [-0.15, -0.1) is 0 Å². The highest BCUT2D eigenvalue weighted by atomic mass is 35.5. The first-order valence-corrected chi connectivity index (χ1v) is 7.99. The van der Waals surface area contributed by atoms with Crippen LogP contribution in [0.25, 0.3) is 0 Å². The molecule has 0 aliphatic heterocycles. The van der Waals surface area contributed by atoms with Gasteiger partial charge in [0.15, 0.2) is 0 Å². The summed E-state index contributed by atoms with van der Waals surface area (Å²) in [6, 6.07) is 6.09. The third-order valence-corrected chi connectivity index (χ3v) is 5.48. The topological polar surface area (TPSA) is 35.2 Å². The molecule has 0 spiro atoms. The fourth-order valence-corrected chi connectivity index (χ4v) is 3.34. The molecule has 0 bridgehead atoms. The molecule has 1 aromatic rings. The Morgan fingerprint density at radius 1 is 1.25 bits per heavy atom. The number of hydrogen-bond acceptors (Lipinski definition) is 2. The van der Waals surface area contributed by atoms with Crippen LogP contribution >= 0.6 is 23.2 Å². The number of benzene rings is 1. The van der Waals surface area contributed by atoms with E-state index in [1.807, 2.05) is 12.1 Å². The van der Waals surface area contributed by atoms with Crippen molar-refractivity contribution >= 4 is 23.2 Å². The van der Waals surface area contributed by atoms with Crippen molar-refractivity contribution in [1.29, 1.82) is 0 Å². The highest BCUT2D eigenvalue weighted by Gasteiger charge is 2.43. The van der Waals surface area contributed by atoms with E-state index in [9.17, 15) is 0 Å². The third-order valence-electron chi connectivity index (χ3n) is 4.74. The number of methoxy groups -OCH3 is 1. The summed E-state index contributed by atoms with van der Waals surface area (Å²) in [6.45, 7) is 2.08. The molecule has 0 radical (unpaired) electrons. The molecule has 0 heterocycles. The van der Waals surface area contributed by atoms with Crippen molar-refractivity contribution in [1.82, 2.24) is 0 Å². The molecule has 0 saturated heterocycles. The normalized spacial score (nSPS) is 20.2. The maximum Gasteiger partial charge on any atom is 0.0595 e. The van der Waals surface area contributed by atoms with Gasteiger partial charge in [-0.3, -0.25) is 0 Å². The van der Waals surface area contributed by atoms with Crippen LogP contribution in [-0.2, 0) is 10.2 Å². The lowest BCUT2D eigenvalue weighted by atomic mass is 9.59. The van der Waals surface area contributed by atoms with Crippen LogP contribution in [0.2, 0.25) is 10.0 Å². The Morgan fingerprint density at radius 3 is 2.45 bits per heavy atom. The summed E-state index contributed by atoms with van der Waals surface area (Å²) >= 11 is 12.2. The summed E-state index contributed by atoms with van der Waals surface area (Å²) in [5, 5.41) is 1.22. The summed E-state index contributed by atoms with van der Waals surface area (Å²) in [6.07, 6.45) is 5.71. The van der Waals surface area contributed by atoms with Crippen molar-refractivity contribution in [2.45, 2.75) is 56.6 Å². The molecule has 1 aliphatic rings. The van der Waals surface area contributed by atoms with Gasteiger partial charge in [-0.05, 0) is 50.3 Å². The number of ether oxygens (including phenoxy) is 1. The van der Waals surface area contributed by atoms with Crippen LogP contribution in [0.3, 0.4) is 0 Å². The van der Waals surface area contributed by atoms with Gasteiger partial charge in [-0.25, -0.2) is 0 Å². The monoisotopic (exact) mass is 315 g/mol. The van der Waals surface area contributed by atoms with Gasteiger partial charge in [0.1, 0.15) is 0 Å². The van der Waals surface area contributed by atoms with Crippen LogP contribution in [-0.4, -0.2) is 19.3 Å². The van der Waals surface area contributed by atoms with E-state index in [2.05, 4.69) is 13.0 Å². The highest BCUT2D eigenvalue weighted by molar-refractivity contribution is 6.42. The third kappa shape index (κ3) is 3.14. The van der Waals surface area contributed by atoms with E-state index in [-0.39, 0.29) is 17.6 Å². The Morgan fingerprint density at radius 2 is 1.95 bits per heavy atom. The van der Waals surface area contributed by atoms with Crippen molar-refractivity contribution < 1.29 is 4.74 Å². The van der Waals surface area contributed by atoms with Crippen molar-refractivity contribution in [3.05, 3.63) is 33.8 Å². The lowest BCUT2D eigenvalue weighted by Gasteiger charge is -2.47. The Kier molecular flexibility index (Phi) is 5.36. The van der Waals surface area contributed by atoms with Crippen molar-refractivity contribution in [3.63, 3.8) is 0 Å². The van der Waals surface area contributed by atoms with Crippen LogP contribution in [0.4, 0.5) is 0 Å². The molecule has 1 aliphatic carbocycles.